The van der Waals surface area contributed by atoms with Crippen LogP contribution in [0.5, 0.6) is 0 Å². The van der Waals surface area contributed by atoms with E-state index in [1.807, 2.05) is 27.7 Å². The van der Waals surface area contributed by atoms with Gasteiger partial charge in [0.05, 0.1) is 12.2 Å². The summed E-state index contributed by atoms with van der Waals surface area (Å²) in [6.07, 6.45) is 2.96. The van der Waals surface area contributed by atoms with Crippen LogP contribution in [-0.4, -0.2) is 39.0 Å². The lowest BCUT2D eigenvalue weighted by atomic mass is 10.1. The highest BCUT2D eigenvalue weighted by atomic mass is 35.5. The Hall–Kier alpha value is -2.26. The molecule has 0 saturated carbocycles. The van der Waals surface area contributed by atoms with Crippen LogP contribution in [0.4, 0.5) is 0 Å². The van der Waals surface area contributed by atoms with Crippen LogP contribution in [0.1, 0.15) is 59.5 Å². The van der Waals surface area contributed by atoms with E-state index in [1.165, 1.54) is 18.3 Å². The van der Waals surface area contributed by atoms with Crippen LogP contribution in [-0.2, 0) is 18.0 Å². The molecule has 0 aromatic carbocycles. The van der Waals surface area contributed by atoms with Gasteiger partial charge in [0.25, 0.3) is 5.91 Å². The van der Waals surface area contributed by atoms with Gasteiger partial charge in [0.1, 0.15) is 16.9 Å². The number of nitrogens with two attached hydrogens (primary N) is 1. The Kier molecular flexibility index (Phi) is 10.7. The molecule has 1 aliphatic rings. The molecular formula is C20H26Cl2N4O4. The summed E-state index contributed by atoms with van der Waals surface area (Å²) in [7, 11) is 0. The number of nitrogens with zero attached hydrogens (tertiary/aromatic N) is 2. The Morgan fingerprint density at radius 1 is 1.20 bits per heavy atom. The number of ether oxygens (including phenoxy) is 1. The number of carbonyl (C=O) groups is 2. The van der Waals surface area contributed by atoms with E-state index in [2.05, 4.69) is 15.3 Å². The van der Waals surface area contributed by atoms with E-state index in [-0.39, 0.29) is 29.7 Å². The molecule has 3 heterocycles. The lowest BCUT2D eigenvalue weighted by molar-refractivity contribution is 0.0535. The highest BCUT2D eigenvalue weighted by molar-refractivity contribution is 6.30. The minimum atomic E-state index is -0.315. The van der Waals surface area contributed by atoms with Gasteiger partial charge in [-0.15, -0.1) is 0 Å². The fraction of sp³-hybridized carbons (Fsp3) is 0.400. The summed E-state index contributed by atoms with van der Waals surface area (Å²) in [5.41, 5.74) is 7.29. The van der Waals surface area contributed by atoms with Crippen LogP contribution in [0.3, 0.4) is 0 Å². The number of amides is 1. The topological polar surface area (TPSA) is 127 Å². The lowest BCUT2D eigenvalue weighted by Crippen LogP contribution is -2.30. The van der Waals surface area contributed by atoms with Gasteiger partial charge >= 0.3 is 5.97 Å². The van der Waals surface area contributed by atoms with Crippen LogP contribution in [0, 0.1) is 0 Å². The first-order chi connectivity index (χ1) is 14.0. The Bertz CT molecular complexity index is 873. The van der Waals surface area contributed by atoms with Gasteiger partial charge in [-0.3, -0.25) is 4.79 Å². The molecular weight excluding hydrogens is 431 g/mol. The molecule has 0 saturated heterocycles. The van der Waals surface area contributed by atoms with Gasteiger partial charge < -0.3 is 20.9 Å². The molecule has 3 rings (SSSR count). The van der Waals surface area contributed by atoms with Gasteiger partial charge in [-0.1, -0.05) is 37.0 Å². The minimum Gasteiger partial charge on any atom is -0.457 e. The molecule has 2 aromatic heterocycles. The molecule has 0 bridgehead atoms. The van der Waals surface area contributed by atoms with E-state index < -0.39 is 0 Å². The number of nitrogens with one attached hydrogen (secondary N) is 1. The second-order valence-electron chi connectivity index (χ2n) is 6.93. The van der Waals surface area contributed by atoms with Gasteiger partial charge in [-0.25, -0.2) is 14.8 Å². The maximum Gasteiger partial charge on any atom is 0.339 e. The number of carbonyl (C=O) groups excluding carboxylic acids is 2. The first kappa shape index (κ1) is 25.8. The second kappa shape index (κ2) is 12.4. The fourth-order valence-corrected chi connectivity index (χ4v) is 2.44. The van der Waals surface area contributed by atoms with Crippen molar-refractivity contribution >= 4 is 35.1 Å². The van der Waals surface area contributed by atoms with Gasteiger partial charge in [0.15, 0.2) is 0 Å². The number of cyclic esters (lactones) is 1. The van der Waals surface area contributed by atoms with Crippen molar-refractivity contribution in [1.82, 2.24) is 15.3 Å². The van der Waals surface area contributed by atoms with E-state index in [0.29, 0.717) is 34.5 Å². The minimum absolute atomic E-state index is 0.0379. The van der Waals surface area contributed by atoms with Crippen molar-refractivity contribution < 1.29 is 19.4 Å². The van der Waals surface area contributed by atoms with Gasteiger partial charge in [0, 0.05) is 35.1 Å². The normalized spacial score (nSPS) is 11.7. The predicted octanol–water partition coefficient (Wildman–Crippen LogP) is 3.12. The number of esters is 1. The number of hydrogen-bond donors (Lipinski definition) is 3. The summed E-state index contributed by atoms with van der Waals surface area (Å²) in [6.45, 7) is 7.70. The third-order valence-corrected chi connectivity index (χ3v) is 3.73. The van der Waals surface area contributed by atoms with Gasteiger partial charge in [-0.2, -0.15) is 0 Å². The summed E-state index contributed by atoms with van der Waals surface area (Å²) < 4.78 is 4.74. The van der Waals surface area contributed by atoms with Crippen LogP contribution >= 0.6 is 23.2 Å². The maximum atomic E-state index is 11.7. The Labute approximate surface area is 185 Å². The molecule has 1 aliphatic heterocycles. The summed E-state index contributed by atoms with van der Waals surface area (Å²) >= 11 is 11.3. The van der Waals surface area contributed by atoms with Gasteiger partial charge in [-0.05, 0) is 32.0 Å². The standard InChI is InChI=1S/C10H13ClN2O2.C7H4ClNO2.C3H9N/c1-6(2)13-10(15)8-3-9(11)12-4-7(8)5-14;8-6-1-5-4(2-9-6)3-11-7(5)10;1-3(2)4/h3-4,6,14H,5H2,1-2H3,(H,13,15);1-2H,3H2;3H,4H2,1-2H3. The molecule has 8 nitrogen and oxygen atoms in total. The summed E-state index contributed by atoms with van der Waals surface area (Å²) in [5.74, 6) is -0.567. The Balaban J connectivity index is 0.000000262. The molecule has 2 aromatic rings. The van der Waals surface area contributed by atoms with Crippen molar-refractivity contribution in [2.75, 3.05) is 0 Å². The number of aliphatic hydroxyl groups excluding tert-OH is 1. The van der Waals surface area contributed by atoms with Crippen LogP contribution in [0.2, 0.25) is 10.3 Å². The third kappa shape index (κ3) is 8.62. The first-order valence-electron chi connectivity index (χ1n) is 9.18. The van der Waals surface area contributed by atoms with Gasteiger partial charge in [0.2, 0.25) is 0 Å². The first-order valence-corrected chi connectivity index (χ1v) is 9.94. The quantitative estimate of drug-likeness (QED) is 0.477. The number of aliphatic hydroxyl groups is 1. The number of halogens is 2. The summed E-state index contributed by atoms with van der Waals surface area (Å²) in [4.78, 5) is 30.2. The SMILES string of the molecule is CC(C)N.CC(C)NC(=O)c1cc(Cl)ncc1CO.O=C1OCc2cnc(Cl)cc21. The summed E-state index contributed by atoms with van der Waals surface area (Å²) in [5, 5.41) is 12.3. The molecule has 30 heavy (non-hydrogen) atoms. The van der Waals surface area contributed by atoms with E-state index >= 15 is 0 Å². The molecule has 0 fully saturated rings. The molecule has 4 N–H and O–H groups in total. The number of rotatable bonds is 3. The zero-order valence-corrected chi connectivity index (χ0v) is 18.8. The van der Waals surface area contributed by atoms with Crippen LogP contribution < -0.4 is 11.1 Å². The molecule has 0 radical (unpaired) electrons. The van der Waals surface area contributed by atoms with E-state index in [1.54, 1.807) is 6.20 Å². The fourth-order valence-electron chi connectivity index (χ4n) is 2.12. The highest BCUT2D eigenvalue weighted by Gasteiger charge is 2.21. The molecule has 1 amide bonds. The molecule has 10 heteroatoms. The van der Waals surface area contributed by atoms with Crippen molar-refractivity contribution in [1.29, 1.82) is 0 Å². The number of pyridine rings is 2. The molecule has 0 atom stereocenters. The van der Waals surface area contributed by atoms with Crippen LogP contribution in [0.15, 0.2) is 24.5 Å². The maximum absolute atomic E-state index is 11.7. The lowest BCUT2D eigenvalue weighted by Gasteiger charge is -2.10. The average Bonchev–Trinajstić information content (AvgIpc) is 3.01. The number of hydrogen-bond acceptors (Lipinski definition) is 7. The zero-order valence-electron chi connectivity index (χ0n) is 17.3. The Morgan fingerprint density at radius 3 is 2.33 bits per heavy atom. The zero-order chi connectivity index (χ0) is 22.8. The highest BCUT2D eigenvalue weighted by Crippen LogP contribution is 2.20. The van der Waals surface area contributed by atoms with E-state index in [4.69, 9.17) is 38.8 Å². The average molecular weight is 457 g/mol. The largest absolute Gasteiger partial charge is 0.457 e. The van der Waals surface area contributed by atoms with Crippen molar-refractivity contribution in [3.63, 3.8) is 0 Å². The van der Waals surface area contributed by atoms with E-state index in [9.17, 15) is 9.59 Å². The smallest absolute Gasteiger partial charge is 0.339 e. The number of fused-ring (bicyclic) bond motifs is 1. The third-order valence-electron chi connectivity index (χ3n) is 3.32. The molecule has 0 aliphatic carbocycles. The van der Waals surface area contributed by atoms with Crippen molar-refractivity contribution in [2.45, 2.75) is 53.0 Å². The molecule has 0 spiro atoms. The van der Waals surface area contributed by atoms with Crippen LogP contribution in [0.25, 0.3) is 0 Å². The van der Waals surface area contributed by atoms with E-state index in [0.717, 1.165) is 5.56 Å². The van der Waals surface area contributed by atoms with Crippen molar-refractivity contribution in [3.05, 3.63) is 57.1 Å². The van der Waals surface area contributed by atoms with Crippen molar-refractivity contribution in [2.24, 2.45) is 5.73 Å². The van der Waals surface area contributed by atoms with Crippen molar-refractivity contribution in [3.8, 4) is 0 Å². The Morgan fingerprint density at radius 2 is 1.77 bits per heavy atom. The number of aromatic nitrogens is 2. The molecule has 0 unspecified atom stereocenters. The summed E-state index contributed by atoms with van der Waals surface area (Å²) in [6, 6.07) is 3.34. The predicted molar refractivity (Wildman–Crippen MR) is 115 cm³/mol. The molecule has 164 valence electrons. The second-order valence-corrected chi connectivity index (χ2v) is 7.71. The monoisotopic (exact) mass is 456 g/mol.